The molecular weight excluding hydrogens is 428 g/mol. The number of carbonyl (C=O) groups excluding carboxylic acids is 2. The second-order valence-electron chi connectivity index (χ2n) is 8.31. The molecule has 5 rings (SSSR count). The number of hydrogen-bond acceptors (Lipinski definition) is 4. The molecule has 1 aliphatic heterocycles. The summed E-state index contributed by atoms with van der Waals surface area (Å²) in [6, 6.07) is 22.9. The van der Waals surface area contributed by atoms with Crippen molar-refractivity contribution in [3.05, 3.63) is 84.2 Å². The second kappa shape index (κ2) is 9.02. The summed E-state index contributed by atoms with van der Waals surface area (Å²) in [5.41, 5.74) is 3.85. The zero-order valence-electron chi connectivity index (χ0n) is 19.2. The Bertz CT molecular complexity index is 1360. The summed E-state index contributed by atoms with van der Waals surface area (Å²) in [4.78, 5) is 32.6. The summed E-state index contributed by atoms with van der Waals surface area (Å²) < 4.78 is 7.99. The zero-order valence-corrected chi connectivity index (χ0v) is 19.2. The van der Waals surface area contributed by atoms with E-state index in [1.807, 2.05) is 80.6 Å². The Labute approximate surface area is 198 Å². The van der Waals surface area contributed by atoms with E-state index in [2.05, 4.69) is 9.88 Å². The fraction of sp³-hybridized carbons (Fsp3) is 0.222. The van der Waals surface area contributed by atoms with Gasteiger partial charge in [0, 0.05) is 17.8 Å². The van der Waals surface area contributed by atoms with Gasteiger partial charge in [0.1, 0.15) is 11.6 Å². The van der Waals surface area contributed by atoms with E-state index in [4.69, 9.17) is 9.72 Å². The van der Waals surface area contributed by atoms with Crippen LogP contribution in [-0.2, 0) is 4.79 Å². The molecule has 0 radical (unpaired) electrons. The summed E-state index contributed by atoms with van der Waals surface area (Å²) in [6.45, 7) is 4.64. The molecule has 0 saturated heterocycles. The van der Waals surface area contributed by atoms with Crippen molar-refractivity contribution in [2.24, 2.45) is 0 Å². The smallest absolute Gasteiger partial charge is 0.262 e. The van der Waals surface area contributed by atoms with E-state index >= 15 is 0 Å². The first-order valence-corrected chi connectivity index (χ1v) is 11.5. The van der Waals surface area contributed by atoms with E-state index in [1.165, 1.54) is 0 Å². The number of carbonyl (C=O) groups is 2. The lowest BCUT2D eigenvalue weighted by Crippen LogP contribution is -2.50. The van der Waals surface area contributed by atoms with E-state index in [9.17, 15) is 9.59 Å². The first-order chi connectivity index (χ1) is 16.6. The highest BCUT2D eigenvalue weighted by molar-refractivity contribution is 6.09. The number of para-hydroxylation sites is 3. The van der Waals surface area contributed by atoms with Gasteiger partial charge in [-0.1, -0.05) is 37.3 Å². The lowest BCUT2D eigenvalue weighted by atomic mass is 10.1. The summed E-state index contributed by atoms with van der Waals surface area (Å²) in [5, 5.41) is 2.87. The Morgan fingerprint density at radius 2 is 1.82 bits per heavy atom. The first kappa shape index (κ1) is 21.7. The van der Waals surface area contributed by atoms with Gasteiger partial charge in [0.15, 0.2) is 6.10 Å². The monoisotopic (exact) mass is 454 g/mol. The third-order valence-electron chi connectivity index (χ3n) is 5.94. The van der Waals surface area contributed by atoms with Crippen LogP contribution in [0.3, 0.4) is 0 Å². The molecule has 0 fully saturated rings. The third kappa shape index (κ3) is 3.90. The van der Waals surface area contributed by atoms with Gasteiger partial charge in [-0.05, 0) is 55.8 Å². The van der Waals surface area contributed by atoms with Crippen LogP contribution < -0.4 is 15.0 Å². The van der Waals surface area contributed by atoms with Gasteiger partial charge in [0.2, 0.25) is 0 Å². The minimum atomic E-state index is -0.770. The zero-order chi connectivity index (χ0) is 23.7. The van der Waals surface area contributed by atoms with Crippen molar-refractivity contribution in [3.8, 4) is 11.4 Å². The fourth-order valence-corrected chi connectivity index (χ4v) is 4.32. The van der Waals surface area contributed by atoms with Crippen molar-refractivity contribution in [2.75, 3.05) is 18.0 Å². The molecular formula is C27H26N4O3. The van der Waals surface area contributed by atoms with E-state index < -0.39 is 6.10 Å². The maximum atomic E-state index is 13.7. The summed E-state index contributed by atoms with van der Waals surface area (Å²) in [7, 11) is 0. The van der Waals surface area contributed by atoms with Crippen LogP contribution in [0.5, 0.6) is 5.75 Å². The number of anilines is 1. The van der Waals surface area contributed by atoms with Crippen LogP contribution >= 0.6 is 0 Å². The number of nitrogens with one attached hydrogen (secondary N) is 1. The van der Waals surface area contributed by atoms with Gasteiger partial charge in [-0.2, -0.15) is 0 Å². The van der Waals surface area contributed by atoms with Gasteiger partial charge >= 0.3 is 0 Å². The predicted octanol–water partition coefficient (Wildman–Crippen LogP) is 4.27. The average molecular weight is 455 g/mol. The van der Waals surface area contributed by atoms with Crippen molar-refractivity contribution in [1.82, 2.24) is 14.9 Å². The fourth-order valence-electron chi connectivity index (χ4n) is 4.32. The van der Waals surface area contributed by atoms with Crippen molar-refractivity contribution >= 4 is 28.5 Å². The molecule has 3 aromatic carbocycles. The molecule has 4 aromatic rings. The minimum Gasteiger partial charge on any atom is -0.477 e. The first-order valence-electron chi connectivity index (χ1n) is 11.5. The summed E-state index contributed by atoms with van der Waals surface area (Å²) >= 11 is 0. The molecule has 0 aliphatic carbocycles. The van der Waals surface area contributed by atoms with E-state index in [0.29, 0.717) is 23.5 Å². The quantitative estimate of drug-likeness (QED) is 0.489. The van der Waals surface area contributed by atoms with Crippen molar-refractivity contribution < 1.29 is 14.3 Å². The number of ether oxygens (including phenoxy) is 1. The second-order valence-corrected chi connectivity index (χ2v) is 8.31. The SMILES string of the molecule is CCCNC(=O)C1CN(C(=O)c2ccc3c(c2)nc(C)n3-c2ccccc2)c2ccccc2O1. The molecule has 1 N–H and O–H groups in total. The van der Waals surface area contributed by atoms with Crippen LogP contribution in [-0.4, -0.2) is 40.6 Å². The molecule has 1 atom stereocenters. The molecule has 0 saturated carbocycles. The number of hydrogen-bond donors (Lipinski definition) is 1. The molecule has 1 aliphatic rings. The lowest BCUT2D eigenvalue weighted by Gasteiger charge is -2.34. The highest BCUT2D eigenvalue weighted by Crippen LogP contribution is 2.34. The van der Waals surface area contributed by atoms with Crippen LogP contribution in [0.15, 0.2) is 72.8 Å². The summed E-state index contributed by atoms with van der Waals surface area (Å²) in [5.74, 6) is 0.943. The van der Waals surface area contributed by atoms with Crippen molar-refractivity contribution in [3.63, 3.8) is 0 Å². The number of benzene rings is 3. The summed E-state index contributed by atoms with van der Waals surface area (Å²) in [6.07, 6.45) is 0.0564. The molecule has 0 spiro atoms. The average Bonchev–Trinajstić information content (AvgIpc) is 3.21. The maximum absolute atomic E-state index is 13.7. The number of imidazole rings is 1. The Morgan fingerprint density at radius 1 is 1.06 bits per heavy atom. The topological polar surface area (TPSA) is 76.5 Å². The van der Waals surface area contributed by atoms with Gasteiger partial charge in [-0.3, -0.25) is 14.2 Å². The number of rotatable bonds is 5. The van der Waals surface area contributed by atoms with Gasteiger partial charge in [0.05, 0.1) is 23.3 Å². The lowest BCUT2D eigenvalue weighted by molar-refractivity contribution is -0.127. The highest BCUT2D eigenvalue weighted by Gasteiger charge is 2.34. The van der Waals surface area contributed by atoms with Crippen molar-refractivity contribution in [1.29, 1.82) is 0 Å². The largest absolute Gasteiger partial charge is 0.477 e. The van der Waals surface area contributed by atoms with Gasteiger partial charge in [0.25, 0.3) is 11.8 Å². The van der Waals surface area contributed by atoms with Crippen LogP contribution in [0.1, 0.15) is 29.5 Å². The minimum absolute atomic E-state index is 0.140. The Balaban J connectivity index is 1.49. The Morgan fingerprint density at radius 3 is 2.62 bits per heavy atom. The Kier molecular flexibility index (Phi) is 5.76. The van der Waals surface area contributed by atoms with Crippen LogP contribution in [0.25, 0.3) is 16.7 Å². The van der Waals surface area contributed by atoms with E-state index in [0.717, 1.165) is 29.0 Å². The molecule has 7 heteroatoms. The van der Waals surface area contributed by atoms with E-state index in [-0.39, 0.29) is 18.4 Å². The molecule has 2 amide bonds. The standard InChI is InChI=1S/C27H26N4O3/c1-3-15-28-26(32)25-17-30(23-11-7-8-12-24(23)34-25)27(33)19-13-14-22-21(16-19)29-18(2)31(22)20-9-5-4-6-10-20/h4-14,16,25H,3,15,17H2,1-2H3,(H,28,32). The molecule has 172 valence electrons. The maximum Gasteiger partial charge on any atom is 0.262 e. The predicted molar refractivity (Wildman–Crippen MR) is 132 cm³/mol. The van der Waals surface area contributed by atoms with Gasteiger partial charge in [-0.25, -0.2) is 4.98 Å². The van der Waals surface area contributed by atoms with Gasteiger partial charge < -0.3 is 15.0 Å². The third-order valence-corrected chi connectivity index (χ3v) is 5.94. The van der Waals surface area contributed by atoms with E-state index in [1.54, 1.807) is 11.0 Å². The van der Waals surface area contributed by atoms with Crippen molar-refractivity contribution in [2.45, 2.75) is 26.4 Å². The van der Waals surface area contributed by atoms with Crippen LogP contribution in [0.2, 0.25) is 0 Å². The number of nitrogens with zero attached hydrogens (tertiary/aromatic N) is 3. The normalized spacial score (nSPS) is 15.0. The Hall–Kier alpha value is -4.13. The number of aromatic nitrogens is 2. The molecule has 2 heterocycles. The highest BCUT2D eigenvalue weighted by atomic mass is 16.5. The molecule has 1 unspecified atom stereocenters. The van der Waals surface area contributed by atoms with Gasteiger partial charge in [-0.15, -0.1) is 0 Å². The molecule has 7 nitrogen and oxygen atoms in total. The number of amides is 2. The number of aryl methyl sites for hydroxylation is 1. The molecule has 34 heavy (non-hydrogen) atoms. The van der Waals surface area contributed by atoms with Crippen LogP contribution in [0, 0.1) is 6.92 Å². The molecule has 1 aromatic heterocycles. The van der Waals surface area contributed by atoms with Crippen LogP contribution in [0.4, 0.5) is 5.69 Å². The molecule has 0 bridgehead atoms. The number of fused-ring (bicyclic) bond motifs is 2.